The second-order valence-electron chi connectivity index (χ2n) is 6.07. The van der Waals surface area contributed by atoms with E-state index in [2.05, 4.69) is 12.2 Å². The highest BCUT2D eigenvalue weighted by Crippen LogP contribution is 2.13. The van der Waals surface area contributed by atoms with Crippen molar-refractivity contribution < 1.29 is 9.53 Å². The van der Waals surface area contributed by atoms with Gasteiger partial charge >= 0.3 is 5.97 Å². The van der Waals surface area contributed by atoms with E-state index in [-0.39, 0.29) is 12.1 Å². The molecule has 1 unspecified atom stereocenters. The van der Waals surface area contributed by atoms with Crippen LogP contribution in [0.25, 0.3) is 0 Å². The van der Waals surface area contributed by atoms with Crippen molar-refractivity contribution in [1.29, 1.82) is 0 Å². The van der Waals surface area contributed by atoms with Crippen LogP contribution in [0.4, 0.5) is 0 Å². The zero-order valence-corrected chi connectivity index (χ0v) is 13.2. The van der Waals surface area contributed by atoms with E-state index in [4.69, 9.17) is 4.74 Å². The van der Waals surface area contributed by atoms with Crippen LogP contribution in [0.2, 0.25) is 0 Å². The minimum atomic E-state index is 0.00143. The summed E-state index contributed by atoms with van der Waals surface area (Å²) >= 11 is 0. The van der Waals surface area contributed by atoms with Crippen molar-refractivity contribution in [1.82, 2.24) is 0 Å². The van der Waals surface area contributed by atoms with E-state index in [1.807, 2.05) is 6.92 Å². The summed E-state index contributed by atoms with van der Waals surface area (Å²) in [6.45, 7) is 2.03. The van der Waals surface area contributed by atoms with Gasteiger partial charge in [0, 0.05) is 6.42 Å². The van der Waals surface area contributed by atoms with Crippen LogP contribution in [0.5, 0.6) is 0 Å². The number of carbonyl (C=O) groups excluding carboxylic acids is 1. The number of rotatable bonds is 0. The van der Waals surface area contributed by atoms with E-state index < -0.39 is 0 Å². The summed E-state index contributed by atoms with van der Waals surface area (Å²) < 4.78 is 5.45. The third kappa shape index (κ3) is 10.1. The molecule has 0 N–H and O–H groups in total. The highest BCUT2D eigenvalue weighted by Gasteiger charge is 2.08. The first kappa shape index (κ1) is 17.3. The van der Waals surface area contributed by atoms with Crippen LogP contribution in [0, 0.1) is 0 Å². The minimum Gasteiger partial charge on any atom is -0.463 e. The van der Waals surface area contributed by atoms with E-state index in [1.54, 1.807) is 0 Å². The second-order valence-corrected chi connectivity index (χ2v) is 6.07. The molecule has 20 heavy (non-hydrogen) atoms. The molecule has 0 aliphatic carbocycles. The molecule has 0 aromatic rings. The topological polar surface area (TPSA) is 26.3 Å². The number of esters is 1. The van der Waals surface area contributed by atoms with Gasteiger partial charge in [0.1, 0.15) is 0 Å². The molecule has 1 atom stereocenters. The molecule has 0 bridgehead atoms. The second kappa shape index (κ2) is 12.0. The van der Waals surface area contributed by atoms with Crippen molar-refractivity contribution in [2.45, 2.75) is 96.5 Å². The smallest absolute Gasteiger partial charge is 0.306 e. The van der Waals surface area contributed by atoms with Crippen molar-refractivity contribution >= 4 is 5.97 Å². The number of carbonyl (C=O) groups is 1. The fourth-order valence-corrected chi connectivity index (χ4v) is 2.69. The number of ether oxygens (including phenoxy) is 1. The van der Waals surface area contributed by atoms with E-state index >= 15 is 0 Å². The normalized spacial score (nSPS) is 25.4. The van der Waals surface area contributed by atoms with Crippen LogP contribution in [-0.4, -0.2) is 12.1 Å². The standard InChI is InChI=1S/C18H32O2/c1-17-15-13-11-9-7-5-3-2-4-6-8-10-12-14-16-18(19)20-17/h2-3,17H,4-16H2,1H3. The molecule has 1 rings (SSSR count). The maximum absolute atomic E-state index is 11.7. The fraction of sp³-hybridized carbons (Fsp3) is 0.833. The van der Waals surface area contributed by atoms with Crippen molar-refractivity contribution in [3.63, 3.8) is 0 Å². The summed E-state index contributed by atoms with van der Waals surface area (Å²) in [5.41, 5.74) is 0. The van der Waals surface area contributed by atoms with Gasteiger partial charge in [0.15, 0.2) is 0 Å². The average Bonchev–Trinajstić information content (AvgIpc) is 2.42. The van der Waals surface area contributed by atoms with Gasteiger partial charge in [-0.1, -0.05) is 44.3 Å². The first-order chi connectivity index (χ1) is 9.79. The summed E-state index contributed by atoms with van der Waals surface area (Å²) in [5.74, 6) is 0.00143. The van der Waals surface area contributed by atoms with Crippen LogP contribution < -0.4 is 0 Å². The molecule has 0 saturated carbocycles. The Morgan fingerprint density at radius 1 is 0.850 bits per heavy atom. The summed E-state index contributed by atoms with van der Waals surface area (Å²) in [6, 6.07) is 0. The molecule has 0 amide bonds. The summed E-state index contributed by atoms with van der Waals surface area (Å²) in [7, 11) is 0. The van der Waals surface area contributed by atoms with Crippen LogP contribution in [0.15, 0.2) is 12.2 Å². The molecule has 2 heteroatoms. The Morgan fingerprint density at radius 3 is 2.10 bits per heavy atom. The van der Waals surface area contributed by atoms with Gasteiger partial charge in [-0.2, -0.15) is 0 Å². The summed E-state index contributed by atoms with van der Waals surface area (Å²) in [5, 5.41) is 0. The van der Waals surface area contributed by atoms with E-state index in [1.165, 1.54) is 57.8 Å². The zero-order chi connectivity index (χ0) is 14.5. The molecule has 1 aliphatic heterocycles. The molecule has 1 aliphatic rings. The van der Waals surface area contributed by atoms with E-state index in [0.29, 0.717) is 6.42 Å². The Kier molecular flexibility index (Phi) is 10.3. The van der Waals surface area contributed by atoms with Crippen LogP contribution in [-0.2, 0) is 9.53 Å². The van der Waals surface area contributed by atoms with Crippen LogP contribution >= 0.6 is 0 Å². The predicted octanol–water partition coefficient (Wildman–Crippen LogP) is 5.56. The summed E-state index contributed by atoms with van der Waals surface area (Å²) in [6.07, 6.45) is 19.9. The third-order valence-electron chi connectivity index (χ3n) is 3.98. The molecule has 1 heterocycles. The Bertz CT molecular complexity index is 271. The Balaban J connectivity index is 2.25. The van der Waals surface area contributed by atoms with Gasteiger partial charge in [-0.15, -0.1) is 0 Å². The van der Waals surface area contributed by atoms with Gasteiger partial charge in [-0.05, 0) is 51.9 Å². The lowest BCUT2D eigenvalue weighted by Gasteiger charge is -2.13. The van der Waals surface area contributed by atoms with Crippen LogP contribution in [0.3, 0.4) is 0 Å². The lowest BCUT2D eigenvalue weighted by molar-refractivity contribution is -0.148. The monoisotopic (exact) mass is 280 g/mol. The Hall–Kier alpha value is -0.790. The molecule has 2 nitrogen and oxygen atoms in total. The lowest BCUT2D eigenvalue weighted by atomic mass is 10.1. The number of hydrogen-bond donors (Lipinski definition) is 0. The third-order valence-corrected chi connectivity index (χ3v) is 3.98. The van der Waals surface area contributed by atoms with Crippen molar-refractivity contribution in [2.75, 3.05) is 0 Å². The fourth-order valence-electron chi connectivity index (χ4n) is 2.69. The molecule has 116 valence electrons. The zero-order valence-electron chi connectivity index (χ0n) is 13.2. The van der Waals surface area contributed by atoms with Gasteiger partial charge in [0.2, 0.25) is 0 Å². The van der Waals surface area contributed by atoms with Gasteiger partial charge < -0.3 is 4.74 Å². The Labute approximate surface area is 125 Å². The number of allylic oxidation sites excluding steroid dienone is 2. The predicted molar refractivity (Wildman–Crippen MR) is 84.7 cm³/mol. The van der Waals surface area contributed by atoms with Gasteiger partial charge in [-0.25, -0.2) is 0 Å². The van der Waals surface area contributed by atoms with Crippen molar-refractivity contribution in [3.8, 4) is 0 Å². The quantitative estimate of drug-likeness (QED) is 0.429. The molecular weight excluding hydrogens is 248 g/mol. The van der Waals surface area contributed by atoms with Crippen molar-refractivity contribution in [3.05, 3.63) is 12.2 Å². The number of cyclic esters (lactones) is 1. The maximum Gasteiger partial charge on any atom is 0.306 e. The SMILES string of the molecule is CC1CCCCCCC=CCCCCCCCC(=O)O1. The molecule has 0 fully saturated rings. The molecule has 0 spiro atoms. The van der Waals surface area contributed by atoms with Crippen molar-refractivity contribution in [2.24, 2.45) is 0 Å². The number of hydrogen-bond acceptors (Lipinski definition) is 2. The largest absolute Gasteiger partial charge is 0.463 e. The minimum absolute atomic E-state index is 0.00143. The highest BCUT2D eigenvalue weighted by atomic mass is 16.5. The Morgan fingerprint density at radius 2 is 1.40 bits per heavy atom. The molecule has 0 saturated heterocycles. The molecule has 0 aromatic heterocycles. The molecular formula is C18H32O2. The first-order valence-corrected chi connectivity index (χ1v) is 8.63. The van der Waals surface area contributed by atoms with E-state index in [0.717, 1.165) is 19.3 Å². The van der Waals surface area contributed by atoms with E-state index in [9.17, 15) is 4.79 Å². The first-order valence-electron chi connectivity index (χ1n) is 8.63. The van der Waals surface area contributed by atoms with Gasteiger partial charge in [0.05, 0.1) is 6.10 Å². The molecule has 0 aromatic carbocycles. The average molecular weight is 280 g/mol. The van der Waals surface area contributed by atoms with Gasteiger partial charge in [0.25, 0.3) is 0 Å². The maximum atomic E-state index is 11.7. The lowest BCUT2D eigenvalue weighted by Crippen LogP contribution is -2.14. The van der Waals surface area contributed by atoms with Gasteiger partial charge in [-0.3, -0.25) is 4.79 Å². The molecule has 0 radical (unpaired) electrons. The highest BCUT2D eigenvalue weighted by molar-refractivity contribution is 5.69. The van der Waals surface area contributed by atoms with Crippen LogP contribution in [0.1, 0.15) is 90.4 Å². The summed E-state index contributed by atoms with van der Waals surface area (Å²) in [4.78, 5) is 11.7.